The normalized spacial score (nSPS) is 18.6. The van der Waals surface area contributed by atoms with Crippen LogP contribution in [0.3, 0.4) is 0 Å². The molecule has 0 bridgehead atoms. The Morgan fingerprint density at radius 1 is 1.30 bits per heavy atom. The largest absolute Gasteiger partial charge is 0.279 e. The van der Waals surface area contributed by atoms with E-state index < -0.39 is 0 Å². The van der Waals surface area contributed by atoms with Gasteiger partial charge in [0, 0.05) is 16.8 Å². The quantitative estimate of drug-likeness (QED) is 0.845. The molecule has 0 aliphatic carbocycles. The summed E-state index contributed by atoms with van der Waals surface area (Å²) in [6, 6.07) is 11.5. The van der Waals surface area contributed by atoms with Crippen molar-refractivity contribution >= 4 is 35.1 Å². The molecule has 1 aliphatic heterocycles. The molecule has 2 heterocycles. The van der Waals surface area contributed by atoms with Crippen molar-refractivity contribution in [1.29, 1.82) is 0 Å². The fourth-order valence-corrected chi connectivity index (χ4v) is 3.68. The van der Waals surface area contributed by atoms with Crippen LogP contribution >= 0.6 is 23.4 Å². The summed E-state index contributed by atoms with van der Waals surface area (Å²) >= 11 is 7.84. The van der Waals surface area contributed by atoms with Gasteiger partial charge in [-0.15, -0.1) is 11.8 Å². The van der Waals surface area contributed by atoms with Gasteiger partial charge >= 0.3 is 0 Å². The third kappa shape index (κ3) is 2.41. The number of nitrogens with zero attached hydrogens (tertiary/aromatic N) is 2. The molecule has 1 amide bonds. The van der Waals surface area contributed by atoms with Crippen LogP contribution in [0.1, 0.15) is 16.5 Å². The summed E-state index contributed by atoms with van der Waals surface area (Å²) in [6.07, 6.45) is 1.77. The van der Waals surface area contributed by atoms with Crippen LogP contribution in [0.25, 0.3) is 0 Å². The van der Waals surface area contributed by atoms with E-state index in [4.69, 9.17) is 11.6 Å². The van der Waals surface area contributed by atoms with Crippen LogP contribution in [0, 0.1) is 6.92 Å². The second-order valence-corrected chi connectivity index (χ2v) is 6.12. The molecule has 102 valence electrons. The first kappa shape index (κ1) is 13.5. The Labute approximate surface area is 127 Å². The first-order valence-corrected chi connectivity index (χ1v) is 7.70. The minimum atomic E-state index is -0.105. The zero-order valence-corrected chi connectivity index (χ0v) is 12.5. The van der Waals surface area contributed by atoms with Crippen LogP contribution in [-0.4, -0.2) is 16.6 Å². The third-order valence-electron chi connectivity index (χ3n) is 3.18. The predicted octanol–water partition coefficient (Wildman–Crippen LogP) is 3.82. The van der Waals surface area contributed by atoms with Crippen LogP contribution < -0.4 is 4.90 Å². The summed E-state index contributed by atoms with van der Waals surface area (Å²) in [5.74, 6) is 1.19. The van der Waals surface area contributed by atoms with E-state index >= 15 is 0 Å². The number of carbonyl (C=O) groups is 1. The second-order valence-electron chi connectivity index (χ2n) is 4.64. The minimum Gasteiger partial charge on any atom is -0.279 e. The molecule has 1 fully saturated rings. The van der Waals surface area contributed by atoms with Gasteiger partial charge < -0.3 is 0 Å². The van der Waals surface area contributed by atoms with Crippen molar-refractivity contribution in [1.82, 2.24) is 4.98 Å². The number of aryl methyl sites for hydroxylation is 1. The summed E-state index contributed by atoms with van der Waals surface area (Å²) in [6.45, 7) is 1.98. The number of amides is 1. The molecule has 1 saturated heterocycles. The Kier molecular flexibility index (Phi) is 3.68. The average molecular weight is 305 g/mol. The van der Waals surface area contributed by atoms with E-state index in [9.17, 15) is 4.79 Å². The third-order valence-corrected chi connectivity index (χ3v) is 4.72. The van der Waals surface area contributed by atoms with Crippen molar-refractivity contribution in [2.75, 3.05) is 10.7 Å². The molecule has 0 radical (unpaired) electrons. The fraction of sp³-hybridized carbons (Fsp3) is 0.200. The van der Waals surface area contributed by atoms with Crippen LogP contribution in [-0.2, 0) is 4.79 Å². The monoisotopic (exact) mass is 304 g/mol. The maximum atomic E-state index is 12.2. The average Bonchev–Trinajstić information content (AvgIpc) is 2.82. The smallest absolute Gasteiger partial charge is 0.239 e. The van der Waals surface area contributed by atoms with E-state index in [0.717, 1.165) is 11.1 Å². The molecule has 5 heteroatoms. The second kappa shape index (κ2) is 5.46. The lowest BCUT2D eigenvalue weighted by Gasteiger charge is -2.24. The van der Waals surface area contributed by atoms with Gasteiger partial charge in [0.2, 0.25) is 5.91 Å². The lowest BCUT2D eigenvalue weighted by Crippen LogP contribution is -2.28. The highest BCUT2D eigenvalue weighted by molar-refractivity contribution is 8.00. The minimum absolute atomic E-state index is 0.0660. The first-order chi connectivity index (χ1) is 9.66. The van der Waals surface area contributed by atoms with Crippen molar-refractivity contribution in [2.24, 2.45) is 0 Å². The Morgan fingerprint density at radius 3 is 2.80 bits per heavy atom. The van der Waals surface area contributed by atoms with Gasteiger partial charge in [-0.25, -0.2) is 4.98 Å². The summed E-state index contributed by atoms with van der Waals surface area (Å²) < 4.78 is 0. The van der Waals surface area contributed by atoms with Gasteiger partial charge in [0.15, 0.2) is 0 Å². The van der Waals surface area contributed by atoms with Crippen LogP contribution in [0.4, 0.5) is 5.82 Å². The van der Waals surface area contributed by atoms with Crippen molar-refractivity contribution in [2.45, 2.75) is 12.3 Å². The number of benzene rings is 1. The Morgan fingerprint density at radius 2 is 2.10 bits per heavy atom. The summed E-state index contributed by atoms with van der Waals surface area (Å²) in [4.78, 5) is 18.3. The molecule has 0 N–H and O–H groups in total. The van der Waals surface area contributed by atoms with E-state index in [1.807, 2.05) is 43.3 Å². The molecular weight excluding hydrogens is 292 g/mol. The van der Waals surface area contributed by atoms with Gasteiger partial charge in [-0.3, -0.25) is 9.69 Å². The van der Waals surface area contributed by atoms with Crippen LogP contribution in [0.15, 0.2) is 42.6 Å². The lowest BCUT2D eigenvalue weighted by atomic mass is 10.2. The van der Waals surface area contributed by atoms with E-state index in [2.05, 4.69) is 4.98 Å². The molecular formula is C15H13ClN2OS. The molecule has 1 aromatic carbocycles. The van der Waals surface area contributed by atoms with Crippen molar-refractivity contribution in [3.05, 3.63) is 58.7 Å². The molecule has 0 spiro atoms. The number of rotatable bonds is 2. The standard InChI is InChI=1S/C15H13ClN2OS/c1-10-6-7-13(17-8-10)18-14(19)9-20-15(18)11-4-2-3-5-12(11)16/h2-8,15H,9H2,1H3. The van der Waals surface area contributed by atoms with Crippen LogP contribution in [0.2, 0.25) is 5.02 Å². The topological polar surface area (TPSA) is 33.2 Å². The summed E-state index contributed by atoms with van der Waals surface area (Å²) in [5.41, 5.74) is 2.02. The highest BCUT2D eigenvalue weighted by Gasteiger charge is 2.35. The zero-order chi connectivity index (χ0) is 14.1. The maximum absolute atomic E-state index is 12.2. The van der Waals surface area contributed by atoms with Crippen molar-refractivity contribution in [3.63, 3.8) is 0 Å². The summed E-state index contributed by atoms with van der Waals surface area (Å²) in [7, 11) is 0. The SMILES string of the molecule is Cc1ccc(N2C(=O)CSC2c2ccccc2Cl)nc1. The van der Waals surface area contributed by atoms with E-state index in [1.54, 1.807) is 22.9 Å². The highest BCUT2D eigenvalue weighted by Crippen LogP contribution is 2.43. The number of hydrogen-bond acceptors (Lipinski definition) is 3. The number of halogens is 1. The van der Waals surface area contributed by atoms with Gasteiger partial charge in [0.05, 0.1) is 5.75 Å². The van der Waals surface area contributed by atoms with Crippen molar-refractivity contribution < 1.29 is 4.79 Å². The first-order valence-electron chi connectivity index (χ1n) is 6.27. The molecule has 3 nitrogen and oxygen atoms in total. The van der Waals surface area contributed by atoms with Gasteiger partial charge in [0.1, 0.15) is 11.2 Å². The van der Waals surface area contributed by atoms with E-state index in [0.29, 0.717) is 16.6 Å². The van der Waals surface area contributed by atoms with Crippen molar-refractivity contribution in [3.8, 4) is 0 Å². The molecule has 3 rings (SSSR count). The highest BCUT2D eigenvalue weighted by atomic mass is 35.5. The Hall–Kier alpha value is -1.52. The van der Waals surface area contributed by atoms with E-state index in [-0.39, 0.29) is 11.3 Å². The summed E-state index contributed by atoms with van der Waals surface area (Å²) in [5, 5.41) is 0.572. The molecule has 1 aliphatic rings. The number of thioether (sulfide) groups is 1. The van der Waals surface area contributed by atoms with Gasteiger partial charge in [-0.2, -0.15) is 0 Å². The van der Waals surface area contributed by atoms with Gasteiger partial charge in [-0.05, 0) is 24.6 Å². The molecule has 0 saturated carbocycles. The maximum Gasteiger partial charge on any atom is 0.239 e. The number of anilines is 1. The Balaban J connectivity index is 2.01. The van der Waals surface area contributed by atoms with Gasteiger partial charge in [0.25, 0.3) is 0 Å². The molecule has 1 aromatic heterocycles. The van der Waals surface area contributed by atoms with E-state index in [1.165, 1.54) is 0 Å². The van der Waals surface area contributed by atoms with Crippen LogP contribution in [0.5, 0.6) is 0 Å². The molecule has 20 heavy (non-hydrogen) atoms. The predicted molar refractivity (Wildman–Crippen MR) is 83.1 cm³/mol. The molecule has 2 aromatic rings. The lowest BCUT2D eigenvalue weighted by molar-refractivity contribution is -0.115. The number of pyridine rings is 1. The van der Waals surface area contributed by atoms with Gasteiger partial charge in [-0.1, -0.05) is 35.9 Å². The zero-order valence-electron chi connectivity index (χ0n) is 10.9. The number of aromatic nitrogens is 1. The fourth-order valence-electron chi connectivity index (χ4n) is 2.18. The number of hydrogen-bond donors (Lipinski definition) is 0. The number of carbonyl (C=O) groups excluding carboxylic acids is 1. The molecule has 1 atom stereocenters. The Bertz CT molecular complexity index is 645. The molecule has 1 unspecified atom stereocenters.